The average Bonchev–Trinajstić information content (AvgIpc) is 3.47. The Morgan fingerprint density at radius 3 is 2.55 bits per heavy atom. The van der Waals surface area contributed by atoms with Crippen LogP contribution in [0.5, 0.6) is 0 Å². The van der Waals surface area contributed by atoms with Crippen molar-refractivity contribution in [3.05, 3.63) is 59.8 Å². The van der Waals surface area contributed by atoms with E-state index in [0.29, 0.717) is 12.4 Å². The van der Waals surface area contributed by atoms with E-state index in [1.165, 1.54) is 0 Å². The molecule has 0 saturated carbocycles. The zero-order valence-electron chi connectivity index (χ0n) is 18.1. The molecule has 0 saturated heterocycles. The van der Waals surface area contributed by atoms with E-state index in [4.69, 9.17) is 15.1 Å². The van der Waals surface area contributed by atoms with E-state index in [-0.39, 0.29) is 0 Å². The molecule has 0 atom stereocenters. The Kier molecular flexibility index (Phi) is 6.76. The van der Waals surface area contributed by atoms with Gasteiger partial charge in [-0.1, -0.05) is 51.0 Å². The van der Waals surface area contributed by atoms with E-state index >= 15 is 0 Å². The third kappa shape index (κ3) is 5.20. The molecule has 31 heavy (non-hydrogen) atoms. The summed E-state index contributed by atoms with van der Waals surface area (Å²) in [4.78, 5) is 9.49. The maximum Gasteiger partial charge on any atom is 0.179 e. The number of aromatic nitrogens is 8. The van der Waals surface area contributed by atoms with Crippen LogP contribution in [0.3, 0.4) is 0 Å². The van der Waals surface area contributed by atoms with Crippen molar-refractivity contribution in [1.82, 2.24) is 40.4 Å². The number of nitrogens with one attached hydrogen (secondary N) is 1. The number of nitrogens with zero attached hydrogens (tertiary/aromatic N) is 7. The molecule has 0 unspecified atom stereocenters. The number of benzene rings is 1. The number of rotatable bonds is 10. The van der Waals surface area contributed by atoms with Crippen LogP contribution in [0.25, 0.3) is 22.6 Å². The SMILES string of the molecule is CCCCc1nc(CCCC)n(Cc2ccc(-c3cccc(-c4nnn[nH]4)c3)nc2)n1. The Labute approximate surface area is 182 Å². The fourth-order valence-corrected chi connectivity index (χ4v) is 3.48. The molecule has 8 nitrogen and oxygen atoms in total. The van der Waals surface area contributed by atoms with Gasteiger partial charge in [-0.3, -0.25) is 4.98 Å². The Morgan fingerprint density at radius 2 is 1.81 bits per heavy atom. The van der Waals surface area contributed by atoms with Crippen molar-refractivity contribution in [3.63, 3.8) is 0 Å². The summed E-state index contributed by atoms with van der Waals surface area (Å²) in [6.07, 6.45) is 8.38. The monoisotopic (exact) mass is 416 g/mol. The number of H-pyrrole nitrogens is 1. The topological polar surface area (TPSA) is 98.1 Å². The van der Waals surface area contributed by atoms with Crippen molar-refractivity contribution < 1.29 is 0 Å². The van der Waals surface area contributed by atoms with E-state index in [9.17, 15) is 0 Å². The summed E-state index contributed by atoms with van der Waals surface area (Å²) in [5.74, 6) is 2.67. The summed E-state index contributed by atoms with van der Waals surface area (Å²) in [5, 5.41) is 18.8. The van der Waals surface area contributed by atoms with E-state index in [1.54, 1.807) is 0 Å². The average molecular weight is 417 g/mol. The van der Waals surface area contributed by atoms with Crippen molar-refractivity contribution in [2.75, 3.05) is 0 Å². The molecule has 0 amide bonds. The van der Waals surface area contributed by atoms with Crippen LogP contribution >= 0.6 is 0 Å². The maximum atomic E-state index is 4.79. The molecular formula is C23H28N8. The smallest absolute Gasteiger partial charge is 0.179 e. The van der Waals surface area contributed by atoms with Gasteiger partial charge in [0.2, 0.25) is 0 Å². The summed E-state index contributed by atoms with van der Waals surface area (Å²) in [7, 11) is 0. The molecule has 4 rings (SSSR count). The lowest BCUT2D eigenvalue weighted by atomic mass is 10.1. The highest BCUT2D eigenvalue weighted by Gasteiger charge is 2.11. The Bertz CT molecular complexity index is 1080. The van der Waals surface area contributed by atoms with E-state index in [1.807, 2.05) is 36.5 Å². The summed E-state index contributed by atoms with van der Waals surface area (Å²) < 4.78 is 2.05. The van der Waals surface area contributed by atoms with Crippen molar-refractivity contribution >= 4 is 0 Å². The summed E-state index contributed by atoms with van der Waals surface area (Å²) in [6.45, 7) is 5.09. The van der Waals surface area contributed by atoms with Crippen LogP contribution in [-0.2, 0) is 19.4 Å². The quantitative estimate of drug-likeness (QED) is 0.415. The normalized spacial score (nSPS) is 11.2. The van der Waals surface area contributed by atoms with Crippen LogP contribution in [0.2, 0.25) is 0 Å². The molecule has 8 heteroatoms. The zero-order valence-corrected chi connectivity index (χ0v) is 18.1. The first-order chi connectivity index (χ1) is 15.3. The molecular weight excluding hydrogens is 388 g/mol. The number of aryl methyl sites for hydroxylation is 2. The van der Waals surface area contributed by atoms with Gasteiger partial charge in [0.05, 0.1) is 12.2 Å². The Hall–Kier alpha value is -3.42. The highest BCUT2D eigenvalue weighted by molar-refractivity contribution is 5.67. The lowest BCUT2D eigenvalue weighted by Crippen LogP contribution is -2.07. The van der Waals surface area contributed by atoms with E-state index in [2.05, 4.69) is 45.2 Å². The van der Waals surface area contributed by atoms with Gasteiger partial charge in [-0.2, -0.15) is 5.10 Å². The van der Waals surface area contributed by atoms with Crippen molar-refractivity contribution in [3.8, 4) is 22.6 Å². The minimum atomic E-state index is 0.642. The van der Waals surface area contributed by atoms with Gasteiger partial charge < -0.3 is 0 Å². The molecule has 0 aliphatic carbocycles. The maximum absolute atomic E-state index is 4.79. The molecule has 160 valence electrons. The third-order valence-corrected chi connectivity index (χ3v) is 5.23. The fourth-order valence-electron chi connectivity index (χ4n) is 3.48. The first-order valence-corrected chi connectivity index (χ1v) is 11.0. The van der Waals surface area contributed by atoms with Crippen LogP contribution in [-0.4, -0.2) is 40.4 Å². The van der Waals surface area contributed by atoms with Gasteiger partial charge in [0.1, 0.15) is 5.82 Å². The lowest BCUT2D eigenvalue weighted by Gasteiger charge is -2.07. The molecule has 1 N–H and O–H groups in total. The lowest BCUT2D eigenvalue weighted by molar-refractivity contribution is 0.611. The molecule has 0 spiro atoms. The molecule has 0 radical (unpaired) electrons. The second-order valence-electron chi connectivity index (χ2n) is 7.69. The van der Waals surface area contributed by atoms with Gasteiger partial charge in [-0.15, -0.1) is 5.10 Å². The minimum Gasteiger partial charge on any atom is -0.256 e. The van der Waals surface area contributed by atoms with Crippen molar-refractivity contribution in [1.29, 1.82) is 0 Å². The summed E-state index contributed by atoms with van der Waals surface area (Å²) >= 11 is 0. The van der Waals surface area contributed by atoms with Crippen LogP contribution in [0.1, 0.15) is 56.7 Å². The van der Waals surface area contributed by atoms with Crippen molar-refractivity contribution in [2.24, 2.45) is 0 Å². The highest BCUT2D eigenvalue weighted by atomic mass is 15.5. The third-order valence-electron chi connectivity index (χ3n) is 5.23. The van der Waals surface area contributed by atoms with Gasteiger partial charge in [0.25, 0.3) is 0 Å². The summed E-state index contributed by atoms with van der Waals surface area (Å²) in [6, 6.07) is 12.2. The highest BCUT2D eigenvalue weighted by Crippen LogP contribution is 2.23. The Morgan fingerprint density at radius 1 is 0.968 bits per heavy atom. The predicted molar refractivity (Wildman–Crippen MR) is 119 cm³/mol. The largest absolute Gasteiger partial charge is 0.256 e. The molecule has 4 aromatic rings. The molecule has 0 aliphatic rings. The molecule has 0 aliphatic heterocycles. The van der Waals surface area contributed by atoms with Gasteiger partial charge in [0, 0.05) is 30.2 Å². The van der Waals surface area contributed by atoms with Crippen LogP contribution < -0.4 is 0 Å². The first-order valence-electron chi connectivity index (χ1n) is 11.0. The van der Waals surface area contributed by atoms with Gasteiger partial charge in [-0.05, 0) is 41.0 Å². The zero-order chi connectivity index (χ0) is 21.5. The van der Waals surface area contributed by atoms with Crippen LogP contribution in [0, 0.1) is 0 Å². The second-order valence-corrected chi connectivity index (χ2v) is 7.69. The molecule has 1 aromatic carbocycles. The number of unbranched alkanes of at least 4 members (excludes halogenated alkanes) is 2. The predicted octanol–water partition coefficient (Wildman–Crippen LogP) is 4.25. The van der Waals surface area contributed by atoms with Crippen molar-refractivity contribution in [2.45, 2.75) is 58.9 Å². The molecule has 0 fully saturated rings. The Balaban J connectivity index is 1.51. The summed E-state index contributed by atoms with van der Waals surface area (Å²) in [5.41, 5.74) is 3.97. The van der Waals surface area contributed by atoms with E-state index in [0.717, 1.165) is 72.6 Å². The van der Waals surface area contributed by atoms with E-state index < -0.39 is 0 Å². The molecule has 0 bridgehead atoms. The number of hydrogen-bond donors (Lipinski definition) is 1. The van der Waals surface area contributed by atoms with Crippen LogP contribution in [0.15, 0.2) is 42.6 Å². The first kappa shape index (κ1) is 20.8. The number of tetrazole rings is 1. The molecule has 3 aromatic heterocycles. The van der Waals surface area contributed by atoms with Gasteiger partial charge >= 0.3 is 0 Å². The van der Waals surface area contributed by atoms with Gasteiger partial charge in [0.15, 0.2) is 11.6 Å². The van der Waals surface area contributed by atoms with Gasteiger partial charge in [-0.25, -0.2) is 14.8 Å². The fraction of sp³-hybridized carbons (Fsp3) is 0.391. The standard InChI is InChI=1S/C23H28N8/c1-3-5-10-21-25-22(11-6-4-2)31(28-21)16-17-12-13-20(24-15-17)18-8-7-9-19(14-18)23-26-29-30-27-23/h7-9,12-15H,3-6,10-11,16H2,1-2H3,(H,26,27,29,30). The molecule has 3 heterocycles. The number of pyridine rings is 1. The minimum absolute atomic E-state index is 0.642. The second kappa shape index (κ2) is 10.1. The number of aromatic amines is 1. The number of hydrogen-bond acceptors (Lipinski definition) is 6. The van der Waals surface area contributed by atoms with Crippen LogP contribution in [0.4, 0.5) is 0 Å².